The molecule has 0 unspecified atom stereocenters. The minimum atomic E-state index is -0.711. The fraction of sp³-hybridized carbons (Fsp3) is 0.308. The molecular formula is C26H26O8. The number of ether oxygens (including phenoxy) is 5. The highest BCUT2D eigenvalue weighted by atomic mass is 16.6. The summed E-state index contributed by atoms with van der Waals surface area (Å²) in [5, 5.41) is 0. The van der Waals surface area contributed by atoms with Gasteiger partial charge in [-0.15, -0.1) is 0 Å². The molecule has 0 saturated carbocycles. The Hall–Kier alpha value is -3.46. The molecule has 1 aliphatic heterocycles. The number of rotatable bonds is 2. The summed E-state index contributed by atoms with van der Waals surface area (Å²) in [4.78, 5) is 25.5. The number of cyclic esters (lactones) is 2. The van der Waals surface area contributed by atoms with Gasteiger partial charge in [0.2, 0.25) is 11.5 Å². The van der Waals surface area contributed by atoms with E-state index in [1.165, 1.54) is 12.1 Å². The lowest BCUT2D eigenvalue weighted by molar-refractivity contribution is -0.0377. The van der Waals surface area contributed by atoms with E-state index < -0.39 is 24.1 Å². The lowest BCUT2D eigenvalue weighted by Crippen LogP contribution is -2.20. The Morgan fingerprint density at radius 2 is 0.941 bits per heavy atom. The number of esters is 2. The fourth-order valence-corrected chi connectivity index (χ4v) is 3.38. The van der Waals surface area contributed by atoms with E-state index in [0.717, 1.165) is 11.1 Å². The highest BCUT2D eigenvalue weighted by molar-refractivity contribution is 5.91. The van der Waals surface area contributed by atoms with Crippen LogP contribution in [0.25, 0.3) is 0 Å². The molecule has 4 rings (SSSR count). The molecule has 0 N–H and O–H groups in total. The van der Waals surface area contributed by atoms with Crippen LogP contribution in [-0.2, 0) is 23.7 Å². The zero-order chi connectivity index (χ0) is 23.6. The average Bonchev–Trinajstić information content (AvgIpc) is 3.37. The first-order chi connectivity index (χ1) is 16.7. The summed E-state index contributed by atoms with van der Waals surface area (Å²) in [6.45, 7) is 1.66. The van der Waals surface area contributed by atoms with Crippen molar-refractivity contribution in [2.75, 3.05) is 39.6 Å². The van der Waals surface area contributed by atoms with Crippen molar-refractivity contribution in [1.82, 2.24) is 0 Å². The Balaban J connectivity index is 1.53. The maximum absolute atomic E-state index is 12.7. The van der Waals surface area contributed by atoms with Crippen LogP contribution in [-0.4, -0.2) is 51.6 Å². The normalized spacial score (nSPS) is 21.1. The standard InChI is InChI=1S/C26H26O8/c27-25-21-11-12-22(32-21)26(28)34-24(20-9-5-2-6-10-20)18-31-16-14-29-13-15-30-17-23(33-25)19-7-3-1-4-8-19/h1-12,23-24H,13-18H2/t23-,24+. The second-order valence-corrected chi connectivity index (χ2v) is 7.54. The van der Waals surface area contributed by atoms with Gasteiger partial charge in [-0.25, -0.2) is 9.59 Å². The molecule has 2 heterocycles. The minimum Gasteiger partial charge on any atom is -0.449 e. The maximum Gasteiger partial charge on any atom is 0.374 e. The van der Waals surface area contributed by atoms with Crippen molar-refractivity contribution in [3.63, 3.8) is 0 Å². The first kappa shape index (κ1) is 23.7. The highest BCUT2D eigenvalue weighted by Crippen LogP contribution is 2.23. The van der Waals surface area contributed by atoms with Gasteiger partial charge in [0.15, 0.2) is 12.2 Å². The third-order valence-corrected chi connectivity index (χ3v) is 5.13. The van der Waals surface area contributed by atoms with E-state index in [1.54, 1.807) is 0 Å². The van der Waals surface area contributed by atoms with E-state index >= 15 is 0 Å². The molecule has 1 aliphatic rings. The van der Waals surface area contributed by atoms with Crippen LogP contribution in [0.5, 0.6) is 0 Å². The topological polar surface area (TPSA) is 93.4 Å². The number of benzene rings is 2. The Labute approximate surface area is 197 Å². The van der Waals surface area contributed by atoms with Gasteiger partial charge in [0.25, 0.3) is 0 Å². The maximum atomic E-state index is 12.7. The summed E-state index contributed by atoms with van der Waals surface area (Å²) in [5.74, 6) is -1.64. The Kier molecular flexibility index (Phi) is 8.45. The molecular weight excluding hydrogens is 440 g/mol. The Morgan fingerprint density at radius 3 is 1.38 bits per heavy atom. The molecule has 2 atom stereocenters. The van der Waals surface area contributed by atoms with E-state index in [2.05, 4.69) is 0 Å². The third kappa shape index (κ3) is 6.54. The zero-order valence-corrected chi connectivity index (χ0v) is 18.6. The molecule has 0 amide bonds. The smallest absolute Gasteiger partial charge is 0.374 e. The van der Waals surface area contributed by atoms with Crippen molar-refractivity contribution in [2.24, 2.45) is 0 Å². The molecule has 0 saturated heterocycles. The molecule has 178 valence electrons. The Morgan fingerprint density at radius 1 is 0.529 bits per heavy atom. The van der Waals surface area contributed by atoms with Gasteiger partial charge in [-0.1, -0.05) is 60.7 Å². The molecule has 0 fully saturated rings. The molecule has 2 aromatic carbocycles. The molecule has 8 heteroatoms. The zero-order valence-electron chi connectivity index (χ0n) is 18.6. The van der Waals surface area contributed by atoms with E-state index in [-0.39, 0.29) is 24.7 Å². The number of carbonyl (C=O) groups excluding carboxylic acids is 2. The van der Waals surface area contributed by atoms with Crippen LogP contribution in [0.15, 0.2) is 77.2 Å². The number of fused-ring (bicyclic) bond motifs is 2. The van der Waals surface area contributed by atoms with Gasteiger partial charge in [0.1, 0.15) is 0 Å². The molecule has 0 aliphatic carbocycles. The van der Waals surface area contributed by atoms with Gasteiger partial charge in [-0.3, -0.25) is 0 Å². The summed E-state index contributed by atoms with van der Waals surface area (Å²) in [6.07, 6.45) is -1.31. The Bertz CT molecular complexity index is 965. The van der Waals surface area contributed by atoms with Crippen LogP contribution in [0.3, 0.4) is 0 Å². The predicted molar refractivity (Wildman–Crippen MR) is 120 cm³/mol. The third-order valence-electron chi connectivity index (χ3n) is 5.13. The lowest BCUT2D eigenvalue weighted by Gasteiger charge is -2.19. The van der Waals surface area contributed by atoms with Crippen LogP contribution in [0.4, 0.5) is 0 Å². The molecule has 0 radical (unpaired) electrons. The van der Waals surface area contributed by atoms with Crippen molar-refractivity contribution in [3.8, 4) is 0 Å². The van der Waals surface area contributed by atoms with E-state index in [4.69, 9.17) is 28.1 Å². The summed E-state index contributed by atoms with van der Waals surface area (Å²) in [5.41, 5.74) is 1.55. The number of carbonyl (C=O) groups is 2. The lowest BCUT2D eigenvalue weighted by atomic mass is 10.1. The molecule has 3 aromatic rings. The summed E-state index contributed by atoms with van der Waals surface area (Å²) in [7, 11) is 0. The molecule has 8 nitrogen and oxygen atoms in total. The fourth-order valence-electron chi connectivity index (χ4n) is 3.38. The number of furan rings is 1. The monoisotopic (exact) mass is 466 g/mol. The van der Waals surface area contributed by atoms with Crippen LogP contribution in [0.1, 0.15) is 44.4 Å². The average molecular weight is 466 g/mol. The highest BCUT2D eigenvalue weighted by Gasteiger charge is 2.25. The van der Waals surface area contributed by atoms with Gasteiger partial charge in [-0.05, 0) is 23.3 Å². The van der Waals surface area contributed by atoms with Gasteiger partial charge in [0.05, 0.1) is 39.6 Å². The summed E-state index contributed by atoms with van der Waals surface area (Å²) < 4.78 is 33.6. The van der Waals surface area contributed by atoms with Gasteiger partial charge in [-0.2, -0.15) is 0 Å². The van der Waals surface area contributed by atoms with Crippen LogP contribution >= 0.6 is 0 Å². The van der Waals surface area contributed by atoms with Gasteiger partial charge in [0, 0.05) is 0 Å². The van der Waals surface area contributed by atoms with Gasteiger partial charge < -0.3 is 28.1 Å². The second kappa shape index (κ2) is 12.1. The largest absolute Gasteiger partial charge is 0.449 e. The molecule has 34 heavy (non-hydrogen) atoms. The molecule has 1 aromatic heterocycles. The summed E-state index contributed by atoms with van der Waals surface area (Å²) in [6, 6.07) is 21.3. The van der Waals surface area contributed by atoms with Crippen molar-refractivity contribution in [1.29, 1.82) is 0 Å². The van der Waals surface area contributed by atoms with Crippen LogP contribution in [0, 0.1) is 0 Å². The van der Waals surface area contributed by atoms with E-state index in [9.17, 15) is 9.59 Å². The summed E-state index contributed by atoms with van der Waals surface area (Å²) >= 11 is 0. The quantitative estimate of drug-likeness (QED) is 0.521. The van der Waals surface area contributed by atoms with Crippen molar-refractivity contribution < 1.29 is 37.7 Å². The van der Waals surface area contributed by atoms with Crippen LogP contribution in [0.2, 0.25) is 0 Å². The minimum absolute atomic E-state index is 0.107. The first-order valence-electron chi connectivity index (χ1n) is 11.1. The first-order valence-corrected chi connectivity index (χ1v) is 11.1. The van der Waals surface area contributed by atoms with E-state index in [1.807, 2.05) is 60.7 Å². The van der Waals surface area contributed by atoms with Crippen molar-refractivity contribution >= 4 is 11.9 Å². The van der Waals surface area contributed by atoms with Gasteiger partial charge >= 0.3 is 11.9 Å². The van der Waals surface area contributed by atoms with Crippen LogP contribution < -0.4 is 0 Å². The predicted octanol–water partition coefficient (Wildman–Crippen LogP) is 4.14. The molecule has 0 spiro atoms. The second-order valence-electron chi connectivity index (χ2n) is 7.54. The number of hydrogen-bond donors (Lipinski definition) is 0. The van der Waals surface area contributed by atoms with E-state index in [0.29, 0.717) is 26.4 Å². The SMILES string of the molecule is O=C1O[C@H](c2ccccc2)COCCOCCOC[C@H](c2ccccc2)OC(=O)c2ccc1o2. The van der Waals surface area contributed by atoms with Crippen molar-refractivity contribution in [3.05, 3.63) is 95.4 Å². The molecule has 2 bridgehead atoms. The van der Waals surface area contributed by atoms with Crippen molar-refractivity contribution in [2.45, 2.75) is 12.2 Å². The number of hydrogen-bond acceptors (Lipinski definition) is 8.